The fourth-order valence-corrected chi connectivity index (χ4v) is 9.76. The number of hydrogen-bond acceptors (Lipinski definition) is 12. The number of carbonyl (C=O) groups is 4. The van der Waals surface area contributed by atoms with E-state index in [0.717, 1.165) is 116 Å². The van der Waals surface area contributed by atoms with E-state index in [1.54, 1.807) is 12.1 Å². The first-order chi connectivity index (χ1) is 31.5. The van der Waals surface area contributed by atoms with Crippen molar-refractivity contribution < 1.29 is 38.5 Å². The fourth-order valence-electron chi connectivity index (χ4n) is 9.76. The largest absolute Gasteiger partial charge is 0.491 e. The highest BCUT2D eigenvalue weighted by atomic mass is 16.5. The Hall–Kier alpha value is -5.74. The van der Waals surface area contributed by atoms with Crippen LogP contribution >= 0.6 is 0 Å². The summed E-state index contributed by atoms with van der Waals surface area (Å²) < 4.78 is 17.6. The number of hydrogen-bond donors (Lipinski definition) is 4. The molecule has 8 rings (SSSR count). The number of benzene rings is 3. The van der Waals surface area contributed by atoms with Crippen LogP contribution < -0.4 is 30.5 Å². The molecule has 2 atom stereocenters. The van der Waals surface area contributed by atoms with Crippen molar-refractivity contribution in [2.45, 2.75) is 78.2 Å². The lowest BCUT2D eigenvalue weighted by Gasteiger charge is -2.37. The number of rotatable bonds is 16. The zero-order chi connectivity index (χ0) is 45.6. The van der Waals surface area contributed by atoms with Gasteiger partial charge in [-0.3, -0.25) is 29.4 Å². The van der Waals surface area contributed by atoms with Crippen molar-refractivity contribution in [2.24, 2.45) is 0 Å². The minimum absolute atomic E-state index is 0.168. The van der Waals surface area contributed by atoms with Gasteiger partial charge >= 0.3 is 0 Å². The van der Waals surface area contributed by atoms with Crippen LogP contribution in [0.25, 0.3) is 11.1 Å². The highest BCUT2D eigenvalue weighted by molar-refractivity contribution is 6.05. The minimum atomic E-state index is -0.843. The number of aliphatic hydroxyl groups excluding tert-OH is 1. The zero-order valence-corrected chi connectivity index (χ0v) is 38.1. The Morgan fingerprint density at radius 3 is 2.42 bits per heavy atom. The lowest BCUT2D eigenvalue weighted by molar-refractivity contribution is -0.136. The quantitative estimate of drug-likeness (QED) is 0.118. The third kappa shape index (κ3) is 10.5. The monoisotopic (exact) mass is 889 g/mol. The number of amides is 4. The van der Waals surface area contributed by atoms with E-state index in [1.807, 2.05) is 39.0 Å². The molecule has 4 amide bonds. The van der Waals surface area contributed by atoms with Gasteiger partial charge < -0.3 is 44.7 Å². The number of ether oxygens (including phenoxy) is 3. The van der Waals surface area contributed by atoms with Crippen molar-refractivity contribution >= 4 is 35.0 Å². The Labute approximate surface area is 381 Å². The summed E-state index contributed by atoms with van der Waals surface area (Å²) in [5.41, 5.74) is 9.77. The first-order valence-electron chi connectivity index (χ1n) is 23.1. The number of fused-ring (bicyclic) bond motifs is 1. The number of aliphatic hydroxyl groups is 1. The Balaban J connectivity index is 0.827. The van der Waals surface area contributed by atoms with E-state index in [2.05, 4.69) is 67.9 Å². The predicted molar refractivity (Wildman–Crippen MR) is 249 cm³/mol. The number of piperazine rings is 1. The van der Waals surface area contributed by atoms with E-state index < -0.39 is 18.2 Å². The van der Waals surface area contributed by atoms with Gasteiger partial charge in [0.2, 0.25) is 11.8 Å². The molecule has 0 radical (unpaired) electrons. The lowest BCUT2D eigenvalue weighted by atomic mass is 9.95. The average Bonchev–Trinajstić information content (AvgIpc) is 3.63. The molecule has 5 aliphatic rings. The molecule has 15 nitrogen and oxygen atoms in total. The molecule has 0 spiro atoms. The lowest BCUT2D eigenvalue weighted by Crippen LogP contribution is -2.52. The zero-order valence-electron chi connectivity index (χ0n) is 38.1. The standard InChI is InChI=1S/C50H63N7O8/c1-5-56(39-14-21-63-22-15-39)45-29-36(28-42(34(45)4)47(59)51-30-43-32(2)26-33(3)52-48(43)60)35-6-8-38(9-7-35)55-18-16-54(17-19-55)20-23-64-24-25-65-40-10-11-41-37(27-40)31-57(50(41)62)44-12-13-46(58)53-49(44)61/h6-11,26-29,39,44,48,52,60H,5,12-25,30-31H2,1-4H3,(H,51,59)(H,53,58,61). The number of allylic oxidation sites excluding steroid dienone is 3. The average molecular weight is 890 g/mol. The molecule has 65 heavy (non-hydrogen) atoms. The van der Waals surface area contributed by atoms with Crippen LogP contribution in [-0.4, -0.2) is 136 Å². The molecular weight excluding hydrogens is 827 g/mol. The summed E-state index contributed by atoms with van der Waals surface area (Å²) in [5.74, 6) is -0.451. The molecule has 5 aliphatic heterocycles. The van der Waals surface area contributed by atoms with E-state index in [0.29, 0.717) is 55.7 Å². The van der Waals surface area contributed by atoms with Crippen molar-refractivity contribution in [1.29, 1.82) is 0 Å². The number of nitrogens with zero attached hydrogens (tertiary/aromatic N) is 4. The molecule has 3 aromatic rings. The predicted octanol–water partition coefficient (Wildman–Crippen LogP) is 4.52. The summed E-state index contributed by atoms with van der Waals surface area (Å²) in [5, 5.41) is 19.2. The summed E-state index contributed by atoms with van der Waals surface area (Å²) >= 11 is 0. The van der Waals surface area contributed by atoms with Crippen LogP contribution in [0.15, 0.2) is 77.5 Å². The number of piperidine rings is 1. The van der Waals surface area contributed by atoms with Crippen LogP contribution in [0.2, 0.25) is 0 Å². The van der Waals surface area contributed by atoms with Gasteiger partial charge in [-0.05, 0) is 123 Å². The molecule has 346 valence electrons. The van der Waals surface area contributed by atoms with Crippen LogP contribution in [0.4, 0.5) is 11.4 Å². The van der Waals surface area contributed by atoms with Crippen molar-refractivity contribution in [3.63, 3.8) is 0 Å². The van der Waals surface area contributed by atoms with Gasteiger partial charge in [-0.2, -0.15) is 0 Å². The molecule has 2 unspecified atom stereocenters. The first-order valence-corrected chi connectivity index (χ1v) is 23.1. The van der Waals surface area contributed by atoms with Crippen LogP contribution in [0, 0.1) is 6.92 Å². The highest BCUT2D eigenvalue weighted by Gasteiger charge is 2.39. The normalized spacial score (nSPS) is 20.6. The number of anilines is 2. The SMILES string of the molecule is CCN(c1cc(-c2ccc(N3CCN(CCOCCOc4ccc5c(c4)CN(C4CCC(=O)NC4=O)C5=O)CC3)cc2)cc(C(=O)NCC2=C(C)C=C(C)NC2O)c1C)C1CCOCC1. The molecule has 0 bridgehead atoms. The van der Waals surface area contributed by atoms with Crippen LogP contribution in [-0.2, 0) is 25.6 Å². The van der Waals surface area contributed by atoms with Gasteiger partial charge in [-0.1, -0.05) is 12.1 Å². The Kier molecular flexibility index (Phi) is 14.5. The molecule has 15 heteroatoms. The first kappa shape index (κ1) is 45.8. The van der Waals surface area contributed by atoms with Crippen LogP contribution in [0.5, 0.6) is 5.75 Å². The Morgan fingerprint density at radius 1 is 0.923 bits per heavy atom. The van der Waals surface area contributed by atoms with Gasteiger partial charge in [0.15, 0.2) is 0 Å². The smallest absolute Gasteiger partial charge is 0.255 e. The Morgan fingerprint density at radius 2 is 1.69 bits per heavy atom. The molecule has 0 aromatic heterocycles. The molecule has 0 saturated carbocycles. The number of imide groups is 1. The van der Waals surface area contributed by atoms with E-state index in [9.17, 15) is 24.3 Å². The number of nitrogens with one attached hydrogen (secondary N) is 3. The van der Waals surface area contributed by atoms with Gasteiger partial charge in [0.25, 0.3) is 11.8 Å². The fraction of sp³-hybridized carbons (Fsp3) is 0.480. The van der Waals surface area contributed by atoms with Crippen molar-refractivity contribution in [2.75, 3.05) is 88.6 Å². The maximum Gasteiger partial charge on any atom is 0.255 e. The van der Waals surface area contributed by atoms with Crippen molar-refractivity contribution in [3.8, 4) is 16.9 Å². The van der Waals surface area contributed by atoms with Gasteiger partial charge in [0, 0.05) is 112 Å². The molecular formula is C50H63N7O8. The third-order valence-corrected chi connectivity index (χ3v) is 13.5. The van der Waals surface area contributed by atoms with E-state index in [4.69, 9.17) is 14.2 Å². The summed E-state index contributed by atoms with van der Waals surface area (Å²) in [6.07, 6.45) is 3.57. The Bertz CT molecular complexity index is 2320. The molecule has 3 fully saturated rings. The minimum Gasteiger partial charge on any atom is -0.491 e. The van der Waals surface area contributed by atoms with Crippen molar-refractivity contribution in [1.82, 2.24) is 25.8 Å². The summed E-state index contributed by atoms with van der Waals surface area (Å²) in [7, 11) is 0. The number of dihydropyridines is 1. The van der Waals surface area contributed by atoms with E-state index in [1.165, 1.54) is 4.90 Å². The van der Waals surface area contributed by atoms with Gasteiger partial charge in [0.05, 0.1) is 13.2 Å². The number of carbonyl (C=O) groups excluding carboxylic acids is 4. The second kappa shape index (κ2) is 20.6. The van der Waals surface area contributed by atoms with E-state index >= 15 is 0 Å². The summed E-state index contributed by atoms with van der Waals surface area (Å²) in [4.78, 5) is 59.8. The molecule has 0 aliphatic carbocycles. The highest BCUT2D eigenvalue weighted by Crippen LogP contribution is 2.35. The second-order valence-corrected chi connectivity index (χ2v) is 17.6. The van der Waals surface area contributed by atoms with E-state index in [-0.39, 0.29) is 30.7 Å². The third-order valence-electron chi connectivity index (χ3n) is 13.5. The summed E-state index contributed by atoms with van der Waals surface area (Å²) in [6.45, 7) is 16.8. The topological polar surface area (TPSA) is 165 Å². The van der Waals surface area contributed by atoms with Crippen molar-refractivity contribution in [3.05, 3.63) is 99.8 Å². The van der Waals surface area contributed by atoms with Gasteiger partial charge in [-0.25, -0.2) is 0 Å². The van der Waals surface area contributed by atoms with Gasteiger partial charge in [0.1, 0.15) is 24.6 Å². The molecule has 5 heterocycles. The van der Waals surface area contributed by atoms with Gasteiger partial charge in [-0.15, -0.1) is 0 Å². The molecule has 4 N–H and O–H groups in total. The molecule has 3 saturated heterocycles. The maximum absolute atomic E-state index is 14.0. The van der Waals surface area contributed by atoms with Crippen LogP contribution in [0.3, 0.4) is 0 Å². The summed E-state index contributed by atoms with van der Waals surface area (Å²) in [6, 6.07) is 17.9. The molecule has 3 aromatic carbocycles. The second-order valence-electron chi connectivity index (χ2n) is 17.6. The maximum atomic E-state index is 14.0. The van der Waals surface area contributed by atoms with Crippen LogP contribution in [0.1, 0.15) is 78.3 Å².